The van der Waals surface area contributed by atoms with E-state index in [-0.39, 0.29) is 0 Å². The lowest BCUT2D eigenvalue weighted by Gasteiger charge is -2.65. The maximum Gasteiger partial charge on any atom is 0.115 e. The van der Waals surface area contributed by atoms with Crippen molar-refractivity contribution in [2.24, 2.45) is 16.7 Å². The van der Waals surface area contributed by atoms with Gasteiger partial charge in [0.15, 0.2) is 0 Å². The molecule has 2 atom stereocenters. The summed E-state index contributed by atoms with van der Waals surface area (Å²) in [5.74, 6) is 0.944. The van der Waals surface area contributed by atoms with Crippen LogP contribution in [-0.2, 0) is 6.54 Å². The minimum absolute atomic E-state index is 0.369. The Morgan fingerprint density at radius 2 is 1.90 bits per heavy atom. The predicted octanol–water partition coefficient (Wildman–Crippen LogP) is 3.32. The van der Waals surface area contributed by atoms with Crippen LogP contribution in [0.15, 0.2) is 18.6 Å². The van der Waals surface area contributed by atoms with Crippen LogP contribution in [0, 0.1) is 16.7 Å². The lowest BCUT2D eigenvalue weighted by Crippen LogP contribution is -2.63. The fourth-order valence-electron chi connectivity index (χ4n) is 6.35. The minimum Gasteiger partial charge on any atom is -0.306 e. The van der Waals surface area contributed by atoms with E-state index in [0.717, 1.165) is 18.2 Å². The summed E-state index contributed by atoms with van der Waals surface area (Å²) in [6, 6.07) is 2.02. The lowest BCUT2D eigenvalue weighted by atomic mass is 9.43. The van der Waals surface area contributed by atoms with Crippen molar-refractivity contribution in [1.29, 1.82) is 0 Å². The minimum atomic E-state index is 0.369. The van der Waals surface area contributed by atoms with Gasteiger partial charge in [-0.25, -0.2) is 9.97 Å². The van der Waals surface area contributed by atoms with Crippen LogP contribution in [0.2, 0.25) is 0 Å². The summed E-state index contributed by atoms with van der Waals surface area (Å²) in [6.07, 6.45) is 11.9. The van der Waals surface area contributed by atoms with Gasteiger partial charge >= 0.3 is 0 Å². The summed E-state index contributed by atoms with van der Waals surface area (Å²) in [5.41, 5.74) is 2.64. The molecule has 4 saturated carbocycles. The first-order valence-corrected chi connectivity index (χ1v) is 7.98. The van der Waals surface area contributed by atoms with Gasteiger partial charge < -0.3 is 5.32 Å². The van der Waals surface area contributed by atoms with E-state index in [2.05, 4.69) is 29.1 Å². The molecule has 20 heavy (non-hydrogen) atoms. The smallest absolute Gasteiger partial charge is 0.115 e. The van der Waals surface area contributed by atoms with Gasteiger partial charge in [0.25, 0.3) is 0 Å². The van der Waals surface area contributed by atoms with Gasteiger partial charge in [0.05, 0.1) is 5.69 Å². The Balaban J connectivity index is 1.55. The fraction of sp³-hybridized carbons (Fsp3) is 0.765. The normalized spacial score (nSPS) is 45.8. The van der Waals surface area contributed by atoms with Crippen molar-refractivity contribution < 1.29 is 0 Å². The zero-order valence-corrected chi connectivity index (χ0v) is 12.7. The molecule has 108 valence electrons. The molecular formula is C17H25N3. The Labute approximate surface area is 121 Å². The molecule has 1 aromatic rings. The van der Waals surface area contributed by atoms with Gasteiger partial charge in [-0.15, -0.1) is 0 Å². The van der Waals surface area contributed by atoms with Crippen LogP contribution in [0.25, 0.3) is 0 Å². The molecule has 0 aliphatic heterocycles. The monoisotopic (exact) mass is 271 g/mol. The molecule has 4 aliphatic rings. The Bertz CT molecular complexity index is 494. The maximum absolute atomic E-state index is 4.36. The molecule has 0 radical (unpaired) electrons. The fourth-order valence-corrected chi connectivity index (χ4v) is 6.35. The SMILES string of the molecule is CC12CC3CC(C)(C1)CC(NCc1ccncn1)(C3)C2. The van der Waals surface area contributed by atoms with E-state index in [4.69, 9.17) is 0 Å². The molecule has 0 amide bonds. The molecule has 2 unspecified atom stereocenters. The summed E-state index contributed by atoms with van der Waals surface area (Å²) in [6.45, 7) is 5.94. The molecule has 5 rings (SSSR count). The van der Waals surface area contributed by atoms with E-state index in [0.29, 0.717) is 16.4 Å². The van der Waals surface area contributed by atoms with Crippen LogP contribution >= 0.6 is 0 Å². The molecule has 1 aromatic heterocycles. The van der Waals surface area contributed by atoms with Crippen LogP contribution in [0.4, 0.5) is 0 Å². The third-order valence-corrected chi connectivity index (χ3v) is 5.91. The second kappa shape index (κ2) is 4.03. The van der Waals surface area contributed by atoms with E-state index in [1.807, 2.05) is 12.3 Å². The molecular weight excluding hydrogens is 246 g/mol. The maximum atomic E-state index is 4.36. The van der Waals surface area contributed by atoms with Gasteiger partial charge in [0, 0.05) is 18.3 Å². The molecule has 3 heteroatoms. The summed E-state index contributed by atoms with van der Waals surface area (Å²) < 4.78 is 0. The van der Waals surface area contributed by atoms with Crippen molar-refractivity contribution in [2.75, 3.05) is 0 Å². The Hall–Kier alpha value is -0.960. The number of hydrogen-bond donors (Lipinski definition) is 1. The molecule has 4 bridgehead atoms. The molecule has 1 heterocycles. The van der Waals surface area contributed by atoms with E-state index in [9.17, 15) is 0 Å². The van der Waals surface area contributed by atoms with Crippen molar-refractivity contribution in [1.82, 2.24) is 15.3 Å². The molecule has 4 fully saturated rings. The summed E-state index contributed by atoms with van der Waals surface area (Å²) in [7, 11) is 0. The molecule has 3 nitrogen and oxygen atoms in total. The van der Waals surface area contributed by atoms with E-state index < -0.39 is 0 Å². The Morgan fingerprint density at radius 3 is 2.50 bits per heavy atom. The number of nitrogens with one attached hydrogen (secondary N) is 1. The first-order valence-electron chi connectivity index (χ1n) is 7.98. The molecule has 0 saturated heterocycles. The quantitative estimate of drug-likeness (QED) is 0.916. The Kier molecular flexibility index (Phi) is 2.57. The van der Waals surface area contributed by atoms with E-state index in [1.165, 1.54) is 38.5 Å². The number of nitrogens with zero attached hydrogens (tertiary/aromatic N) is 2. The summed E-state index contributed by atoms with van der Waals surface area (Å²) in [5, 5.41) is 3.90. The largest absolute Gasteiger partial charge is 0.306 e. The molecule has 0 aromatic carbocycles. The summed E-state index contributed by atoms with van der Waals surface area (Å²) >= 11 is 0. The van der Waals surface area contributed by atoms with Crippen molar-refractivity contribution in [3.8, 4) is 0 Å². The third-order valence-electron chi connectivity index (χ3n) is 5.91. The van der Waals surface area contributed by atoms with Crippen molar-refractivity contribution in [3.63, 3.8) is 0 Å². The van der Waals surface area contributed by atoms with Crippen molar-refractivity contribution >= 4 is 0 Å². The number of rotatable bonds is 3. The Morgan fingerprint density at radius 1 is 1.15 bits per heavy atom. The topological polar surface area (TPSA) is 37.8 Å². The summed E-state index contributed by atoms with van der Waals surface area (Å²) in [4.78, 5) is 8.36. The van der Waals surface area contributed by atoms with E-state index >= 15 is 0 Å². The average Bonchev–Trinajstić information content (AvgIpc) is 2.33. The first-order chi connectivity index (χ1) is 9.49. The zero-order valence-electron chi connectivity index (χ0n) is 12.7. The number of aromatic nitrogens is 2. The highest BCUT2D eigenvalue weighted by atomic mass is 15.0. The van der Waals surface area contributed by atoms with Crippen LogP contribution < -0.4 is 5.32 Å². The third kappa shape index (κ3) is 2.07. The average molecular weight is 271 g/mol. The standard InChI is InChI=1S/C17H25N3/c1-15-5-13-6-16(2,9-15)11-17(7-13,10-15)20-8-14-3-4-18-12-19-14/h3-4,12-13,20H,5-11H2,1-2H3. The van der Waals surface area contributed by atoms with Crippen LogP contribution in [0.1, 0.15) is 58.1 Å². The highest BCUT2D eigenvalue weighted by molar-refractivity contribution is 5.15. The first kappa shape index (κ1) is 12.8. The van der Waals surface area contributed by atoms with Crippen molar-refractivity contribution in [2.45, 2.75) is 64.5 Å². The van der Waals surface area contributed by atoms with Gasteiger partial charge in [-0.2, -0.15) is 0 Å². The molecule has 1 N–H and O–H groups in total. The van der Waals surface area contributed by atoms with Crippen LogP contribution in [-0.4, -0.2) is 15.5 Å². The van der Waals surface area contributed by atoms with Crippen LogP contribution in [0.3, 0.4) is 0 Å². The van der Waals surface area contributed by atoms with Gasteiger partial charge in [0.2, 0.25) is 0 Å². The zero-order chi connectivity index (χ0) is 13.8. The highest BCUT2D eigenvalue weighted by Gasteiger charge is 2.59. The van der Waals surface area contributed by atoms with Gasteiger partial charge in [-0.3, -0.25) is 0 Å². The molecule has 0 spiro atoms. The second-order valence-electron chi connectivity index (χ2n) is 8.46. The highest BCUT2D eigenvalue weighted by Crippen LogP contribution is 2.66. The van der Waals surface area contributed by atoms with Gasteiger partial charge in [-0.05, 0) is 61.3 Å². The second-order valence-corrected chi connectivity index (χ2v) is 8.46. The predicted molar refractivity (Wildman–Crippen MR) is 79.0 cm³/mol. The van der Waals surface area contributed by atoms with Crippen molar-refractivity contribution in [3.05, 3.63) is 24.3 Å². The van der Waals surface area contributed by atoms with Gasteiger partial charge in [0.1, 0.15) is 6.33 Å². The van der Waals surface area contributed by atoms with E-state index in [1.54, 1.807) is 6.33 Å². The van der Waals surface area contributed by atoms with Crippen LogP contribution in [0.5, 0.6) is 0 Å². The number of hydrogen-bond acceptors (Lipinski definition) is 3. The van der Waals surface area contributed by atoms with Gasteiger partial charge in [-0.1, -0.05) is 13.8 Å². The lowest BCUT2D eigenvalue weighted by molar-refractivity contribution is -0.118. The molecule has 4 aliphatic carbocycles.